The van der Waals surface area contributed by atoms with E-state index in [1.807, 2.05) is 0 Å². The van der Waals surface area contributed by atoms with Crippen molar-refractivity contribution in [3.8, 4) is 0 Å². The van der Waals surface area contributed by atoms with Gasteiger partial charge in [0.1, 0.15) is 5.82 Å². The van der Waals surface area contributed by atoms with Crippen LogP contribution in [0.5, 0.6) is 0 Å². The van der Waals surface area contributed by atoms with Crippen molar-refractivity contribution < 1.29 is 14.1 Å². The number of halogens is 1. The molecule has 0 saturated carbocycles. The van der Waals surface area contributed by atoms with Gasteiger partial charge in [-0.05, 0) is 6.07 Å². The van der Waals surface area contributed by atoms with Crippen LogP contribution >= 0.6 is 11.8 Å². The molecule has 1 N–H and O–H groups in total. The second kappa shape index (κ2) is 6.35. The Hall–Kier alpha value is -2.42. The normalized spacial score (nSPS) is 10.4. The molecule has 0 bridgehead atoms. The predicted molar refractivity (Wildman–Crippen MR) is 75.6 cm³/mol. The molecule has 0 radical (unpaired) electrons. The number of anilines is 1. The van der Waals surface area contributed by atoms with Crippen LogP contribution in [0.3, 0.4) is 0 Å². The van der Waals surface area contributed by atoms with Crippen molar-refractivity contribution in [2.24, 2.45) is 7.05 Å². The summed E-state index contributed by atoms with van der Waals surface area (Å²) in [7, 11) is 1.79. The number of carbonyl (C=O) groups is 1. The summed E-state index contributed by atoms with van der Waals surface area (Å²) in [6, 6.07) is 2.96. The van der Waals surface area contributed by atoms with Crippen LogP contribution in [0, 0.1) is 15.9 Å². The highest BCUT2D eigenvalue weighted by Crippen LogP contribution is 2.22. The molecule has 1 amide bonds. The van der Waals surface area contributed by atoms with Crippen LogP contribution in [-0.4, -0.2) is 26.1 Å². The Morgan fingerprint density at radius 3 is 2.95 bits per heavy atom. The summed E-state index contributed by atoms with van der Waals surface area (Å²) in [5.74, 6) is -1.18. The van der Waals surface area contributed by atoms with Crippen molar-refractivity contribution in [3.05, 3.63) is 46.5 Å². The van der Waals surface area contributed by atoms with Crippen LogP contribution in [0.1, 0.15) is 0 Å². The minimum absolute atomic E-state index is 0.0208. The number of non-ortho nitro benzene ring substituents is 1. The summed E-state index contributed by atoms with van der Waals surface area (Å²) in [6.45, 7) is 0. The number of thioether (sulfide) groups is 1. The van der Waals surface area contributed by atoms with Crippen LogP contribution in [0.25, 0.3) is 0 Å². The van der Waals surface area contributed by atoms with Gasteiger partial charge in [0.15, 0.2) is 5.16 Å². The summed E-state index contributed by atoms with van der Waals surface area (Å²) in [4.78, 5) is 25.7. The number of carbonyl (C=O) groups excluding carboxylic acids is 1. The summed E-state index contributed by atoms with van der Waals surface area (Å²) in [6.07, 6.45) is 3.33. The standard InChI is InChI=1S/C12H11FN4O3S/c1-16-5-4-14-12(16)21-7-11(18)15-10-6-8(17(19)20)2-3-9(10)13/h2-6H,7H2,1H3,(H,15,18). The third kappa shape index (κ3) is 3.78. The zero-order valence-electron chi connectivity index (χ0n) is 10.9. The maximum absolute atomic E-state index is 13.5. The minimum atomic E-state index is -0.726. The molecule has 1 heterocycles. The monoisotopic (exact) mass is 310 g/mol. The lowest BCUT2D eigenvalue weighted by Gasteiger charge is -2.06. The molecular weight excluding hydrogens is 299 g/mol. The molecule has 1 aromatic carbocycles. The number of imidazole rings is 1. The number of amides is 1. The quantitative estimate of drug-likeness (QED) is 0.519. The average Bonchev–Trinajstić information content (AvgIpc) is 2.84. The van der Waals surface area contributed by atoms with Crippen LogP contribution in [-0.2, 0) is 11.8 Å². The Balaban J connectivity index is 2.01. The molecule has 21 heavy (non-hydrogen) atoms. The lowest BCUT2D eigenvalue weighted by atomic mass is 10.2. The fraction of sp³-hybridized carbons (Fsp3) is 0.167. The first-order chi connectivity index (χ1) is 9.97. The topological polar surface area (TPSA) is 90.1 Å². The zero-order chi connectivity index (χ0) is 15.4. The summed E-state index contributed by atoms with van der Waals surface area (Å²) < 4.78 is 15.3. The van der Waals surface area contributed by atoms with Gasteiger partial charge in [-0.1, -0.05) is 11.8 Å². The Bertz CT molecular complexity index is 689. The van der Waals surface area contributed by atoms with Crippen molar-refractivity contribution in [1.82, 2.24) is 9.55 Å². The van der Waals surface area contributed by atoms with Crippen LogP contribution < -0.4 is 5.32 Å². The number of nitrogens with zero attached hydrogens (tertiary/aromatic N) is 3. The van der Waals surface area contributed by atoms with E-state index < -0.39 is 16.6 Å². The van der Waals surface area contributed by atoms with Crippen molar-refractivity contribution in [2.75, 3.05) is 11.1 Å². The largest absolute Gasteiger partial charge is 0.329 e. The van der Waals surface area contributed by atoms with E-state index in [9.17, 15) is 19.3 Å². The van der Waals surface area contributed by atoms with Gasteiger partial charge in [0.25, 0.3) is 5.69 Å². The van der Waals surface area contributed by atoms with Crippen molar-refractivity contribution in [1.29, 1.82) is 0 Å². The van der Waals surface area contributed by atoms with E-state index in [1.54, 1.807) is 24.0 Å². The number of rotatable bonds is 5. The van der Waals surface area contributed by atoms with E-state index in [-0.39, 0.29) is 17.1 Å². The molecule has 1 aromatic heterocycles. The summed E-state index contributed by atoms with van der Waals surface area (Å²) in [5, 5.41) is 13.6. The van der Waals surface area contributed by atoms with Gasteiger partial charge in [0, 0.05) is 31.6 Å². The number of nitro groups is 1. The number of hydrogen-bond acceptors (Lipinski definition) is 5. The highest BCUT2D eigenvalue weighted by atomic mass is 32.2. The second-order valence-electron chi connectivity index (χ2n) is 4.08. The first-order valence-corrected chi connectivity index (χ1v) is 6.80. The Kier molecular flexibility index (Phi) is 4.53. The number of aryl methyl sites for hydroxylation is 1. The maximum atomic E-state index is 13.5. The average molecular weight is 310 g/mol. The zero-order valence-corrected chi connectivity index (χ0v) is 11.8. The van der Waals surface area contributed by atoms with Gasteiger partial charge in [-0.25, -0.2) is 9.37 Å². The minimum Gasteiger partial charge on any atom is -0.329 e. The number of nitrogens with one attached hydrogen (secondary N) is 1. The van der Waals surface area contributed by atoms with E-state index in [0.29, 0.717) is 5.16 Å². The van der Waals surface area contributed by atoms with Gasteiger partial charge in [-0.3, -0.25) is 14.9 Å². The first-order valence-electron chi connectivity index (χ1n) is 5.81. The summed E-state index contributed by atoms with van der Waals surface area (Å²) >= 11 is 1.18. The smallest absolute Gasteiger partial charge is 0.271 e. The molecule has 0 unspecified atom stereocenters. The Labute approximate surface area is 123 Å². The van der Waals surface area contributed by atoms with Gasteiger partial charge in [-0.2, -0.15) is 0 Å². The van der Waals surface area contributed by atoms with Gasteiger partial charge in [0.05, 0.1) is 16.4 Å². The van der Waals surface area contributed by atoms with Crippen LogP contribution in [0.15, 0.2) is 35.7 Å². The molecular formula is C12H11FN4O3S. The first kappa shape index (κ1) is 15.0. The molecule has 2 rings (SSSR count). The molecule has 9 heteroatoms. The highest BCUT2D eigenvalue weighted by molar-refractivity contribution is 7.99. The maximum Gasteiger partial charge on any atom is 0.271 e. The Morgan fingerprint density at radius 2 is 2.33 bits per heavy atom. The second-order valence-corrected chi connectivity index (χ2v) is 5.02. The molecule has 0 atom stereocenters. The third-order valence-corrected chi connectivity index (χ3v) is 3.60. The van der Waals surface area contributed by atoms with Gasteiger partial charge < -0.3 is 9.88 Å². The predicted octanol–water partition coefficient (Wildman–Crippen LogP) is 2.20. The van der Waals surface area contributed by atoms with Crippen molar-refractivity contribution >= 4 is 29.0 Å². The molecule has 0 fully saturated rings. The lowest BCUT2D eigenvalue weighted by molar-refractivity contribution is -0.384. The Morgan fingerprint density at radius 1 is 1.57 bits per heavy atom. The molecule has 0 spiro atoms. The van der Waals surface area contributed by atoms with Crippen LogP contribution in [0.2, 0.25) is 0 Å². The number of benzene rings is 1. The molecule has 0 aliphatic rings. The fourth-order valence-corrected chi connectivity index (χ4v) is 2.26. The van der Waals surface area contributed by atoms with E-state index in [2.05, 4.69) is 10.3 Å². The number of nitro benzene ring substituents is 1. The van der Waals surface area contributed by atoms with Gasteiger partial charge in [-0.15, -0.1) is 0 Å². The summed E-state index contributed by atoms with van der Waals surface area (Å²) in [5.41, 5.74) is -0.502. The molecule has 0 saturated heterocycles. The molecule has 7 nitrogen and oxygen atoms in total. The number of hydrogen-bond donors (Lipinski definition) is 1. The highest BCUT2D eigenvalue weighted by Gasteiger charge is 2.13. The van der Waals surface area contributed by atoms with E-state index in [4.69, 9.17) is 0 Å². The van der Waals surface area contributed by atoms with E-state index in [1.165, 1.54) is 11.8 Å². The van der Waals surface area contributed by atoms with E-state index in [0.717, 1.165) is 18.2 Å². The lowest BCUT2D eigenvalue weighted by Crippen LogP contribution is -2.15. The van der Waals surface area contributed by atoms with Gasteiger partial charge in [0.2, 0.25) is 5.91 Å². The molecule has 2 aromatic rings. The molecule has 0 aliphatic carbocycles. The molecule has 110 valence electrons. The third-order valence-electron chi connectivity index (χ3n) is 2.54. The van der Waals surface area contributed by atoms with Crippen molar-refractivity contribution in [2.45, 2.75) is 5.16 Å². The van der Waals surface area contributed by atoms with Crippen LogP contribution in [0.4, 0.5) is 15.8 Å². The van der Waals surface area contributed by atoms with Gasteiger partial charge >= 0.3 is 0 Å². The SMILES string of the molecule is Cn1ccnc1SCC(=O)Nc1cc([N+](=O)[O-])ccc1F. The molecule has 0 aliphatic heterocycles. The van der Waals surface area contributed by atoms with E-state index >= 15 is 0 Å². The fourth-order valence-electron chi connectivity index (χ4n) is 1.53. The number of aromatic nitrogens is 2. The van der Waals surface area contributed by atoms with Crippen molar-refractivity contribution in [3.63, 3.8) is 0 Å².